The van der Waals surface area contributed by atoms with E-state index < -0.39 is 111 Å². The van der Waals surface area contributed by atoms with Crippen LogP contribution in [0.2, 0.25) is 52.4 Å². The van der Waals surface area contributed by atoms with Gasteiger partial charge in [0.1, 0.15) is 23.7 Å². The lowest BCUT2D eigenvalue weighted by molar-refractivity contribution is -0.131. The SMILES string of the molecule is CC(C(=O)Cl)C(=O)N[Si](C)(C)O[Si](C)(C)O[Si](NC(=O)C(C)C(=O)Cl)(NC(=O)C(C)C(=O)Cl)O[Si](C)(C)O[Si](C)(C)NC(=O)C(C)C(=O)Cl. The van der Waals surface area contributed by atoms with Crippen LogP contribution in [0.3, 0.4) is 0 Å². The van der Waals surface area contributed by atoms with Crippen molar-refractivity contribution in [3.05, 3.63) is 0 Å². The van der Waals surface area contributed by atoms with Crippen LogP contribution in [0.15, 0.2) is 0 Å². The first-order chi connectivity index (χ1) is 21.8. The second-order valence-electron chi connectivity index (χ2n) is 12.9. The molecule has 4 unspecified atom stereocenters. The van der Waals surface area contributed by atoms with Gasteiger partial charge in [0.05, 0.1) is 0 Å². The fourth-order valence-electron chi connectivity index (χ4n) is 3.93. The molecule has 0 aromatic heterocycles. The summed E-state index contributed by atoms with van der Waals surface area (Å²) in [6, 6.07) is 0. The molecule has 0 aliphatic carbocycles. The molecule has 16 nitrogen and oxygen atoms in total. The quantitative estimate of drug-likeness (QED) is 0.0788. The van der Waals surface area contributed by atoms with E-state index in [4.69, 9.17) is 62.9 Å². The summed E-state index contributed by atoms with van der Waals surface area (Å²) >= 11 is 22.2. The molecule has 0 bridgehead atoms. The van der Waals surface area contributed by atoms with Crippen molar-refractivity contribution < 1.29 is 54.8 Å². The monoisotopic (exact) mass is 860 g/mol. The number of nitrogens with one attached hydrogen (secondary N) is 4. The number of hydrogen-bond acceptors (Lipinski definition) is 12. The van der Waals surface area contributed by atoms with Gasteiger partial charge in [-0.1, -0.05) is 0 Å². The summed E-state index contributed by atoms with van der Waals surface area (Å²) in [6.45, 7) is 17.3. The third-order valence-electron chi connectivity index (χ3n) is 6.14. The van der Waals surface area contributed by atoms with Gasteiger partial charge >= 0.3 is 26.0 Å². The van der Waals surface area contributed by atoms with Gasteiger partial charge in [-0.05, 0) is 126 Å². The fraction of sp³-hybridized carbons (Fsp3) is 0.667. The Morgan fingerprint density at radius 1 is 0.408 bits per heavy atom. The largest absolute Gasteiger partial charge is 0.570 e. The van der Waals surface area contributed by atoms with Crippen molar-refractivity contribution in [2.75, 3.05) is 0 Å². The molecule has 0 aliphatic rings. The number of amides is 4. The highest BCUT2D eigenvalue weighted by Crippen LogP contribution is 2.25. The lowest BCUT2D eigenvalue weighted by Gasteiger charge is -2.44. The Balaban J connectivity index is 7.11. The maximum atomic E-state index is 13.4. The van der Waals surface area contributed by atoms with Crippen LogP contribution in [0.25, 0.3) is 0 Å². The van der Waals surface area contributed by atoms with Crippen molar-refractivity contribution in [2.45, 2.75) is 80.1 Å². The Morgan fingerprint density at radius 2 is 0.612 bits per heavy atom. The van der Waals surface area contributed by atoms with Crippen LogP contribution in [0.4, 0.5) is 0 Å². The van der Waals surface area contributed by atoms with Gasteiger partial charge in [0.2, 0.25) is 44.6 Å². The molecule has 0 aliphatic heterocycles. The molecule has 4 N–H and O–H groups in total. The normalized spacial score (nSPS) is 16.2. The van der Waals surface area contributed by atoms with E-state index in [1.54, 1.807) is 26.2 Å². The van der Waals surface area contributed by atoms with Crippen LogP contribution < -0.4 is 19.9 Å². The number of halogens is 4. The van der Waals surface area contributed by atoms with Crippen LogP contribution in [-0.2, 0) is 54.8 Å². The van der Waals surface area contributed by atoms with Crippen LogP contribution in [0.5, 0.6) is 0 Å². The minimum absolute atomic E-state index is 0.715. The van der Waals surface area contributed by atoms with Crippen LogP contribution in [-0.4, -0.2) is 87.6 Å². The molecule has 0 saturated heterocycles. The molecular weight excluding hydrogens is 819 g/mol. The van der Waals surface area contributed by atoms with Gasteiger partial charge in [-0.15, -0.1) is 0 Å². The zero-order valence-corrected chi connectivity index (χ0v) is 37.2. The number of hydrogen-bond donors (Lipinski definition) is 4. The van der Waals surface area contributed by atoms with Gasteiger partial charge in [0.15, 0.2) is 0 Å². The molecule has 4 atom stereocenters. The molecule has 0 fully saturated rings. The van der Waals surface area contributed by atoms with Crippen LogP contribution in [0, 0.1) is 23.7 Å². The highest BCUT2D eigenvalue weighted by molar-refractivity contribution is 6.91. The zero-order chi connectivity index (χ0) is 39.1. The molecular formula is C24H44Cl4N4O12Si5. The summed E-state index contributed by atoms with van der Waals surface area (Å²) < 4.78 is 25.4. The minimum atomic E-state index is -4.85. The topological polar surface area (TPSA) is 222 Å². The smallest absolute Gasteiger partial charge is 0.420 e. The van der Waals surface area contributed by atoms with Crippen molar-refractivity contribution in [1.29, 1.82) is 0 Å². The zero-order valence-electron chi connectivity index (χ0n) is 29.2. The van der Waals surface area contributed by atoms with Crippen molar-refractivity contribution in [1.82, 2.24) is 19.9 Å². The van der Waals surface area contributed by atoms with E-state index in [-0.39, 0.29) is 0 Å². The molecule has 25 heteroatoms. The number of rotatable bonds is 20. The first kappa shape index (κ1) is 47.6. The summed E-state index contributed by atoms with van der Waals surface area (Å²) in [6.07, 6.45) is 0. The predicted octanol–water partition coefficient (Wildman–Crippen LogP) is 2.37. The van der Waals surface area contributed by atoms with E-state index in [1.807, 2.05) is 0 Å². The maximum Gasteiger partial charge on any atom is 0.570 e. The molecule has 280 valence electrons. The minimum Gasteiger partial charge on any atom is -0.420 e. The summed E-state index contributed by atoms with van der Waals surface area (Å²) in [5.41, 5.74) is 0. The molecule has 0 heterocycles. The maximum absolute atomic E-state index is 13.4. The van der Waals surface area contributed by atoms with E-state index >= 15 is 0 Å². The second-order valence-corrected chi connectivity index (χ2v) is 31.5. The summed E-state index contributed by atoms with van der Waals surface area (Å²) in [5, 5.41) is -3.92. The second kappa shape index (κ2) is 18.4. The average molecular weight is 863 g/mol. The van der Waals surface area contributed by atoms with Gasteiger partial charge in [0, 0.05) is 0 Å². The molecule has 0 spiro atoms. The van der Waals surface area contributed by atoms with Gasteiger partial charge < -0.3 is 36.4 Å². The standard InChI is InChI=1S/C24H44Cl4N4O12Si5/c1-13(17(25)33)21(37)29-45(5,6)41-47(9,10)43-49(31-23(39)15(3)19(27)35,32-24(40)16(4)20(28)36)44-48(11,12)42-46(7,8)30-22(38)14(2)18(26)34/h13-16H,1-12H3,(H,29,37)(H,30,38)(H,31,39)(H,32,40). The Hall–Kier alpha value is -1.36. The van der Waals surface area contributed by atoms with Gasteiger partial charge in [0.25, 0.3) is 17.0 Å². The third-order valence-corrected chi connectivity index (χ3v) is 24.5. The summed E-state index contributed by atoms with van der Waals surface area (Å²) in [5.74, 6) is -8.88. The summed E-state index contributed by atoms with van der Waals surface area (Å²) in [4.78, 5) is 109. The fourth-order valence-corrected chi connectivity index (χ4v) is 25.3. The third kappa shape index (κ3) is 16.7. The molecule has 0 aromatic carbocycles. The molecule has 0 saturated carbocycles. The summed E-state index contributed by atoms with van der Waals surface area (Å²) in [7, 11) is -18.9. The van der Waals surface area contributed by atoms with Crippen molar-refractivity contribution >= 4 is 134 Å². The molecule has 0 radical (unpaired) electrons. The van der Waals surface area contributed by atoms with Gasteiger partial charge in [-0.25, -0.2) is 0 Å². The Kier molecular flexibility index (Phi) is 17.9. The first-order valence-electron chi connectivity index (χ1n) is 14.6. The molecule has 49 heavy (non-hydrogen) atoms. The number of carbonyl (C=O) groups is 8. The molecule has 0 rings (SSSR count). The van der Waals surface area contributed by atoms with Gasteiger partial charge in [-0.2, -0.15) is 0 Å². The van der Waals surface area contributed by atoms with E-state index in [0.717, 1.165) is 0 Å². The van der Waals surface area contributed by atoms with E-state index in [1.165, 1.54) is 53.9 Å². The van der Waals surface area contributed by atoms with Crippen molar-refractivity contribution in [2.24, 2.45) is 23.7 Å². The molecule has 4 amide bonds. The van der Waals surface area contributed by atoms with E-state index in [9.17, 15) is 38.4 Å². The van der Waals surface area contributed by atoms with Crippen molar-refractivity contribution in [3.8, 4) is 0 Å². The highest BCUT2D eigenvalue weighted by atomic mass is 35.5. The van der Waals surface area contributed by atoms with E-state index in [0.29, 0.717) is 0 Å². The lowest BCUT2D eigenvalue weighted by Crippen LogP contribution is -2.78. The van der Waals surface area contributed by atoms with Gasteiger partial charge in [-0.3, -0.25) is 38.4 Å². The Morgan fingerprint density at radius 3 is 0.816 bits per heavy atom. The van der Waals surface area contributed by atoms with Crippen LogP contribution >= 0.6 is 46.4 Å². The van der Waals surface area contributed by atoms with E-state index in [2.05, 4.69) is 19.9 Å². The number of carbonyl (C=O) groups excluding carboxylic acids is 8. The highest BCUT2D eigenvalue weighted by Gasteiger charge is 2.57. The van der Waals surface area contributed by atoms with Crippen molar-refractivity contribution in [3.63, 3.8) is 0 Å². The first-order valence-corrected chi connectivity index (χ1v) is 29.4. The predicted molar refractivity (Wildman–Crippen MR) is 193 cm³/mol. The molecule has 0 aromatic rings. The average Bonchev–Trinajstić information content (AvgIpc) is 2.87. The van der Waals surface area contributed by atoms with Crippen LogP contribution in [0.1, 0.15) is 27.7 Å². The Bertz CT molecular complexity index is 1240. The Labute approximate surface area is 311 Å². The lowest BCUT2D eigenvalue weighted by atomic mass is 10.2.